The van der Waals surface area contributed by atoms with Crippen LogP contribution in [0.4, 0.5) is 0 Å². The standard InChI is InChI=1S/C20H28N2O4S2/c1-15-8-10-22(11-9-15)17(19-5-4-12-27-19)14-21-28(23,24)20-13-16(25-2)6-7-18(20)26-3/h4-7,12-13,15,17,21H,8-11,14H2,1-3H3. The zero-order chi connectivity index (χ0) is 20.1. The van der Waals surface area contributed by atoms with Crippen LogP contribution in [0.15, 0.2) is 40.6 Å². The Morgan fingerprint density at radius 3 is 2.57 bits per heavy atom. The molecule has 6 nitrogen and oxygen atoms in total. The van der Waals surface area contributed by atoms with Crippen molar-refractivity contribution in [3.63, 3.8) is 0 Å². The van der Waals surface area contributed by atoms with Crippen molar-refractivity contribution in [3.8, 4) is 11.5 Å². The highest BCUT2D eigenvalue weighted by Crippen LogP contribution is 2.31. The molecule has 2 heterocycles. The Morgan fingerprint density at radius 1 is 1.21 bits per heavy atom. The quantitative estimate of drug-likeness (QED) is 0.702. The zero-order valence-corrected chi connectivity index (χ0v) is 18.2. The van der Waals surface area contributed by atoms with E-state index in [9.17, 15) is 8.42 Å². The molecule has 0 spiro atoms. The summed E-state index contributed by atoms with van der Waals surface area (Å²) in [5.41, 5.74) is 0. The highest BCUT2D eigenvalue weighted by Gasteiger charge is 2.28. The van der Waals surface area contributed by atoms with E-state index in [0.717, 1.165) is 31.8 Å². The summed E-state index contributed by atoms with van der Waals surface area (Å²) < 4.78 is 39.3. The SMILES string of the molecule is COc1ccc(OC)c(S(=O)(=O)NCC(c2cccs2)N2CCC(C)CC2)c1. The molecule has 1 aromatic carbocycles. The van der Waals surface area contributed by atoms with Gasteiger partial charge in [0.15, 0.2) is 0 Å². The van der Waals surface area contributed by atoms with Crippen LogP contribution in [-0.4, -0.2) is 47.2 Å². The van der Waals surface area contributed by atoms with Crippen molar-refractivity contribution >= 4 is 21.4 Å². The minimum atomic E-state index is -3.75. The third-order valence-electron chi connectivity index (χ3n) is 5.26. The Labute approximate surface area is 171 Å². The summed E-state index contributed by atoms with van der Waals surface area (Å²) in [5, 5.41) is 2.04. The number of likely N-dealkylation sites (tertiary alicyclic amines) is 1. The lowest BCUT2D eigenvalue weighted by atomic mass is 9.97. The Morgan fingerprint density at radius 2 is 1.96 bits per heavy atom. The van der Waals surface area contributed by atoms with Crippen LogP contribution in [0.3, 0.4) is 0 Å². The topological polar surface area (TPSA) is 67.9 Å². The predicted octanol–water partition coefficient (Wildman–Crippen LogP) is 3.52. The summed E-state index contributed by atoms with van der Waals surface area (Å²) in [5.74, 6) is 1.49. The van der Waals surface area contributed by atoms with Gasteiger partial charge in [-0.3, -0.25) is 4.90 Å². The number of sulfonamides is 1. The molecule has 1 N–H and O–H groups in total. The van der Waals surface area contributed by atoms with Gasteiger partial charge in [-0.2, -0.15) is 0 Å². The molecule has 3 rings (SSSR count). The molecule has 0 aliphatic carbocycles. The second-order valence-electron chi connectivity index (χ2n) is 7.12. The molecule has 0 radical (unpaired) electrons. The largest absolute Gasteiger partial charge is 0.497 e. The molecule has 0 bridgehead atoms. The molecule has 8 heteroatoms. The van der Waals surface area contributed by atoms with E-state index >= 15 is 0 Å². The third-order valence-corrected chi connectivity index (χ3v) is 7.68. The van der Waals surface area contributed by atoms with Crippen LogP contribution < -0.4 is 14.2 Å². The van der Waals surface area contributed by atoms with Crippen LogP contribution in [0, 0.1) is 5.92 Å². The summed E-state index contributed by atoms with van der Waals surface area (Å²) >= 11 is 1.66. The van der Waals surface area contributed by atoms with E-state index in [1.165, 1.54) is 25.2 Å². The normalized spacial score (nSPS) is 17.4. The first-order valence-electron chi connectivity index (χ1n) is 9.43. The van der Waals surface area contributed by atoms with Crippen molar-refractivity contribution < 1.29 is 17.9 Å². The van der Waals surface area contributed by atoms with E-state index in [1.54, 1.807) is 23.5 Å². The molecule has 154 valence electrons. The maximum absolute atomic E-state index is 13.0. The number of hydrogen-bond acceptors (Lipinski definition) is 6. The van der Waals surface area contributed by atoms with E-state index in [-0.39, 0.29) is 10.9 Å². The summed E-state index contributed by atoms with van der Waals surface area (Å²) in [4.78, 5) is 3.65. The van der Waals surface area contributed by atoms with Crippen molar-refractivity contribution in [1.82, 2.24) is 9.62 Å². The highest BCUT2D eigenvalue weighted by molar-refractivity contribution is 7.89. The second kappa shape index (κ2) is 9.26. The molecule has 0 saturated carbocycles. The average Bonchev–Trinajstić information content (AvgIpc) is 3.23. The Kier molecular flexibility index (Phi) is 6.98. The minimum absolute atomic E-state index is 0.0267. The van der Waals surface area contributed by atoms with Gasteiger partial charge in [0.25, 0.3) is 0 Å². The van der Waals surface area contributed by atoms with Gasteiger partial charge in [-0.05, 0) is 55.4 Å². The smallest absolute Gasteiger partial charge is 0.244 e. The number of nitrogens with one attached hydrogen (secondary N) is 1. The molecule has 1 unspecified atom stereocenters. The van der Waals surface area contributed by atoms with Crippen molar-refractivity contribution in [1.29, 1.82) is 0 Å². The molecule has 2 aromatic rings. The lowest BCUT2D eigenvalue weighted by Gasteiger charge is -2.36. The number of benzene rings is 1. The van der Waals surface area contributed by atoms with Crippen LogP contribution in [0.5, 0.6) is 11.5 Å². The summed E-state index contributed by atoms with van der Waals surface area (Å²) in [6.07, 6.45) is 2.27. The van der Waals surface area contributed by atoms with Crippen molar-refractivity contribution in [2.45, 2.75) is 30.7 Å². The number of rotatable bonds is 8. The van der Waals surface area contributed by atoms with Gasteiger partial charge in [0.1, 0.15) is 16.4 Å². The Hall–Kier alpha value is -1.61. The van der Waals surface area contributed by atoms with Gasteiger partial charge >= 0.3 is 0 Å². The first-order valence-corrected chi connectivity index (χ1v) is 11.8. The fraction of sp³-hybridized carbons (Fsp3) is 0.500. The van der Waals surface area contributed by atoms with E-state index < -0.39 is 10.0 Å². The molecule has 1 aliphatic heterocycles. The molecule has 28 heavy (non-hydrogen) atoms. The van der Waals surface area contributed by atoms with Crippen LogP contribution in [0.1, 0.15) is 30.7 Å². The minimum Gasteiger partial charge on any atom is -0.497 e. The first kappa shape index (κ1) is 21.1. The maximum Gasteiger partial charge on any atom is 0.244 e. The number of hydrogen-bond donors (Lipinski definition) is 1. The summed E-state index contributed by atoms with van der Waals surface area (Å²) in [6, 6.07) is 8.90. The summed E-state index contributed by atoms with van der Waals surface area (Å²) in [6.45, 7) is 4.55. The molecule has 1 fully saturated rings. The fourth-order valence-electron chi connectivity index (χ4n) is 3.49. The fourth-order valence-corrected chi connectivity index (χ4v) is 5.57. The first-order chi connectivity index (χ1) is 13.4. The number of piperidine rings is 1. The van der Waals surface area contributed by atoms with E-state index in [4.69, 9.17) is 9.47 Å². The number of ether oxygens (including phenoxy) is 2. The molecule has 1 aliphatic rings. The average molecular weight is 425 g/mol. The predicted molar refractivity (Wildman–Crippen MR) is 112 cm³/mol. The van der Waals surface area contributed by atoms with Crippen molar-refractivity contribution in [2.75, 3.05) is 33.9 Å². The number of nitrogens with zero attached hydrogens (tertiary/aromatic N) is 1. The van der Waals surface area contributed by atoms with E-state index in [0.29, 0.717) is 18.0 Å². The zero-order valence-electron chi connectivity index (χ0n) is 16.6. The van der Waals surface area contributed by atoms with Crippen molar-refractivity contribution in [2.24, 2.45) is 5.92 Å². The van der Waals surface area contributed by atoms with Crippen molar-refractivity contribution in [3.05, 3.63) is 40.6 Å². The molecular weight excluding hydrogens is 396 g/mol. The van der Waals surface area contributed by atoms with E-state index in [2.05, 4.69) is 22.6 Å². The van der Waals surface area contributed by atoms with Gasteiger partial charge in [-0.1, -0.05) is 13.0 Å². The number of thiophene rings is 1. The van der Waals surface area contributed by atoms with Crippen LogP contribution >= 0.6 is 11.3 Å². The van der Waals surface area contributed by atoms with Gasteiger partial charge in [-0.15, -0.1) is 11.3 Å². The molecule has 1 aromatic heterocycles. The second-order valence-corrected chi connectivity index (χ2v) is 9.83. The number of methoxy groups -OCH3 is 2. The maximum atomic E-state index is 13.0. The Balaban J connectivity index is 1.81. The molecule has 1 atom stereocenters. The van der Waals surface area contributed by atoms with Gasteiger partial charge < -0.3 is 9.47 Å². The van der Waals surface area contributed by atoms with Gasteiger partial charge in [0.05, 0.1) is 20.3 Å². The summed E-state index contributed by atoms with van der Waals surface area (Å²) in [7, 11) is -0.776. The monoisotopic (exact) mass is 424 g/mol. The lowest BCUT2D eigenvalue weighted by molar-refractivity contribution is 0.141. The highest BCUT2D eigenvalue weighted by atomic mass is 32.2. The van der Waals surface area contributed by atoms with E-state index in [1.807, 2.05) is 11.4 Å². The molecule has 0 amide bonds. The van der Waals surface area contributed by atoms with Gasteiger partial charge in [0, 0.05) is 17.5 Å². The molecule has 1 saturated heterocycles. The van der Waals surface area contributed by atoms with Crippen LogP contribution in [-0.2, 0) is 10.0 Å². The van der Waals surface area contributed by atoms with Gasteiger partial charge in [-0.25, -0.2) is 13.1 Å². The Bertz CT molecular complexity index is 860. The van der Waals surface area contributed by atoms with Crippen LogP contribution in [0.25, 0.3) is 0 Å². The molecular formula is C20H28N2O4S2. The lowest BCUT2D eigenvalue weighted by Crippen LogP contribution is -2.41. The van der Waals surface area contributed by atoms with Crippen LogP contribution in [0.2, 0.25) is 0 Å². The third kappa shape index (κ3) is 4.86. The van der Waals surface area contributed by atoms with Gasteiger partial charge in [0.2, 0.25) is 10.0 Å².